The van der Waals surface area contributed by atoms with Gasteiger partial charge in [-0.25, -0.2) is 0 Å². The molecule has 1 heterocycles. The molecule has 4 heteroatoms. The lowest BCUT2D eigenvalue weighted by molar-refractivity contribution is 0.880. The van der Waals surface area contributed by atoms with Crippen LogP contribution in [0, 0.1) is 0 Å². The van der Waals surface area contributed by atoms with E-state index in [4.69, 9.17) is 5.73 Å². The summed E-state index contributed by atoms with van der Waals surface area (Å²) in [4.78, 5) is 11.3. The normalized spacial score (nSPS) is 14.9. The predicted molar refractivity (Wildman–Crippen MR) is 41.3 cm³/mol. The molecular formula is C7H9N3O. The van der Waals surface area contributed by atoms with Crippen LogP contribution in [0.1, 0.15) is 17.7 Å². The number of fused-ring (bicyclic) bond motifs is 1. The van der Waals surface area contributed by atoms with E-state index in [-0.39, 0.29) is 11.2 Å². The van der Waals surface area contributed by atoms with E-state index in [0.29, 0.717) is 0 Å². The maximum atomic E-state index is 11.3. The quantitative estimate of drug-likeness (QED) is 0.541. The van der Waals surface area contributed by atoms with Crippen molar-refractivity contribution in [2.75, 3.05) is 5.73 Å². The van der Waals surface area contributed by atoms with Gasteiger partial charge in [-0.3, -0.25) is 9.89 Å². The summed E-state index contributed by atoms with van der Waals surface area (Å²) in [5.74, 6) is 0.0886. The van der Waals surface area contributed by atoms with Gasteiger partial charge >= 0.3 is 0 Å². The molecule has 3 N–H and O–H groups in total. The molecule has 1 aromatic rings. The molecule has 0 fully saturated rings. The molecule has 11 heavy (non-hydrogen) atoms. The predicted octanol–water partition coefficient (Wildman–Crippen LogP) is -0.159. The van der Waals surface area contributed by atoms with Gasteiger partial charge in [-0.05, 0) is 19.3 Å². The van der Waals surface area contributed by atoms with E-state index in [1.165, 1.54) is 0 Å². The highest BCUT2D eigenvalue weighted by Crippen LogP contribution is 2.15. The van der Waals surface area contributed by atoms with E-state index in [2.05, 4.69) is 10.2 Å². The number of nitrogens with two attached hydrogens (primary N) is 1. The Kier molecular flexibility index (Phi) is 1.21. The SMILES string of the molecule is Nc1n[nH]c2c(c1=O)CCC2. The highest BCUT2D eigenvalue weighted by Gasteiger charge is 2.16. The second-order valence-electron chi connectivity index (χ2n) is 2.75. The summed E-state index contributed by atoms with van der Waals surface area (Å²) in [6.45, 7) is 0. The maximum Gasteiger partial charge on any atom is 0.227 e. The Balaban J connectivity index is 2.72. The van der Waals surface area contributed by atoms with Gasteiger partial charge in [0.2, 0.25) is 5.43 Å². The minimum absolute atomic E-state index is 0.0868. The molecule has 4 nitrogen and oxygen atoms in total. The van der Waals surface area contributed by atoms with Crippen molar-refractivity contribution in [1.82, 2.24) is 10.2 Å². The van der Waals surface area contributed by atoms with E-state index >= 15 is 0 Å². The van der Waals surface area contributed by atoms with Crippen LogP contribution in [0.4, 0.5) is 5.82 Å². The number of nitrogens with zero attached hydrogens (tertiary/aromatic N) is 1. The Labute approximate surface area is 63.4 Å². The summed E-state index contributed by atoms with van der Waals surface area (Å²) in [5, 5.41) is 6.47. The number of aryl methyl sites for hydroxylation is 1. The smallest absolute Gasteiger partial charge is 0.227 e. The maximum absolute atomic E-state index is 11.3. The Morgan fingerprint density at radius 2 is 2.27 bits per heavy atom. The first-order chi connectivity index (χ1) is 5.29. The standard InChI is InChI=1S/C7H9N3O/c8-7-6(11)4-2-1-3-5(4)9-10-7/h1-3H2,(H2,8,10)(H,9,11). The fourth-order valence-electron chi connectivity index (χ4n) is 1.45. The van der Waals surface area contributed by atoms with Crippen molar-refractivity contribution in [3.8, 4) is 0 Å². The second-order valence-corrected chi connectivity index (χ2v) is 2.75. The zero-order valence-corrected chi connectivity index (χ0v) is 6.05. The van der Waals surface area contributed by atoms with Crippen LogP contribution < -0.4 is 11.2 Å². The first-order valence-corrected chi connectivity index (χ1v) is 3.65. The van der Waals surface area contributed by atoms with Crippen LogP contribution in [-0.2, 0) is 12.8 Å². The number of anilines is 1. The van der Waals surface area contributed by atoms with Crippen LogP contribution in [0.25, 0.3) is 0 Å². The third kappa shape index (κ3) is 0.824. The van der Waals surface area contributed by atoms with Crippen molar-refractivity contribution >= 4 is 5.82 Å². The highest BCUT2D eigenvalue weighted by molar-refractivity contribution is 5.35. The van der Waals surface area contributed by atoms with Crippen molar-refractivity contribution in [3.63, 3.8) is 0 Å². The Morgan fingerprint density at radius 1 is 1.45 bits per heavy atom. The molecule has 0 unspecified atom stereocenters. The number of hydrogen-bond donors (Lipinski definition) is 2. The molecule has 0 aliphatic heterocycles. The number of hydrogen-bond acceptors (Lipinski definition) is 3. The second kappa shape index (κ2) is 2.08. The number of aromatic amines is 1. The molecule has 0 spiro atoms. The number of rotatable bonds is 0. The molecule has 1 aromatic heterocycles. The van der Waals surface area contributed by atoms with Gasteiger partial charge in [0.1, 0.15) is 0 Å². The van der Waals surface area contributed by atoms with Crippen LogP contribution in [0.3, 0.4) is 0 Å². The first-order valence-electron chi connectivity index (χ1n) is 3.65. The van der Waals surface area contributed by atoms with E-state index in [0.717, 1.165) is 30.5 Å². The third-order valence-corrected chi connectivity index (χ3v) is 2.04. The molecule has 0 saturated heterocycles. The number of nitrogen functional groups attached to an aromatic ring is 1. The molecule has 0 atom stereocenters. The topological polar surface area (TPSA) is 71.8 Å². The van der Waals surface area contributed by atoms with Gasteiger partial charge in [0, 0.05) is 11.3 Å². The van der Waals surface area contributed by atoms with E-state index in [1.807, 2.05) is 0 Å². The zero-order valence-electron chi connectivity index (χ0n) is 6.05. The summed E-state index contributed by atoms with van der Waals surface area (Å²) in [5.41, 5.74) is 7.04. The van der Waals surface area contributed by atoms with Gasteiger partial charge in [-0.15, -0.1) is 0 Å². The van der Waals surface area contributed by atoms with Crippen molar-refractivity contribution in [1.29, 1.82) is 0 Å². The minimum Gasteiger partial charge on any atom is -0.379 e. The summed E-state index contributed by atoms with van der Waals surface area (Å²) in [6.07, 6.45) is 2.81. The highest BCUT2D eigenvalue weighted by atomic mass is 16.1. The molecular weight excluding hydrogens is 142 g/mol. The number of H-pyrrole nitrogens is 1. The van der Waals surface area contributed by atoms with E-state index < -0.39 is 0 Å². The molecule has 0 saturated carbocycles. The molecule has 2 rings (SSSR count). The van der Waals surface area contributed by atoms with Crippen LogP contribution >= 0.6 is 0 Å². The molecule has 1 aliphatic carbocycles. The summed E-state index contributed by atoms with van der Waals surface area (Å²) in [6, 6.07) is 0. The van der Waals surface area contributed by atoms with Crippen LogP contribution in [-0.4, -0.2) is 10.2 Å². The summed E-state index contributed by atoms with van der Waals surface area (Å²) in [7, 11) is 0. The van der Waals surface area contributed by atoms with Crippen LogP contribution in [0.15, 0.2) is 4.79 Å². The molecule has 58 valence electrons. The summed E-state index contributed by atoms with van der Waals surface area (Å²) < 4.78 is 0. The molecule has 0 amide bonds. The van der Waals surface area contributed by atoms with Crippen LogP contribution in [0.2, 0.25) is 0 Å². The Bertz CT molecular complexity index is 342. The van der Waals surface area contributed by atoms with Gasteiger partial charge in [0.05, 0.1) is 0 Å². The van der Waals surface area contributed by atoms with Gasteiger partial charge in [0.25, 0.3) is 0 Å². The molecule has 0 bridgehead atoms. The first kappa shape index (κ1) is 6.39. The van der Waals surface area contributed by atoms with Gasteiger partial charge < -0.3 is 5.73 Å². The lowest BCUT2D eigenvalue weighted by Gasteiger charge is -1.96. The molecule has 1 aliphatic rings. The monoisotopic (exact) mass is 151 g/mol. The Morgan fingerprint density at radius 3 is 3.09 bits per heavy atom. The average molecular weight is 151 g/mol. The van der Waals surface area contributed by atoms with Gasteiger partial charge in [0.15, 0.2) is 5.82 Å². The Hall–Kier alpha value is -1.32. The third-order valence-electron chi connectivity index (χ3n) is 2.04. The van der Waals surface area contributed by atoms with E-state index in [9.17, 15) is 4.79 Å². The average Bonchev–Trinajstić information content (AvgIpc) is 2.45. The van der Waals surface area contributed by atoms with Crippen molar-refractivity contribution in [3.05, 3.63) is 21.5 Å². The number of nitrogens with one attached hydrogen (secondary N) is 1. The fraction of sp³-hybridized carbons (Fsp3) is 0.429. The lowest BCUT2D eigenvalue weighted by atomic mass is 10.2. The fourth-order valence-corrected chi connectivity index (χ4v) is 1.45. The largest absolute Gasteiger partial charge is 0.379 e. The lowest BCUT2D eigenvalue weighted by Crippen LogP contribution is -2.16. The van der Waals surface area contributed by atoms with Crippen molar-refractivity contribution < 1.29 is 0 Å². The van der Waals surface area contributed by atoms with Gasteiger partial charge in [-0.1, -0.05) is 0 Å². The summed E-state index contributed by atoms with van der Waals surface area (Å²) >= 11 is 0. The van der Waals surface area contributed by atoms with Crippen molar-refractivity contribution in [2.24, 2.45) is 0 Å². The van der Waals surface area contributed by atoms with E-state index in [1.54, 1.807) is 0 Å². The van der Waals surface area contributed by atoms with Crippen LogP contribution in [0.5, 0.6) is 0 Å². The molecule has 0 radical (unpaired) electrons. The number of aromatic nitrogens is 2. The minimum atomic E-state index is -0.0868. The molecule has 0 aromatic carbocycles. The van der Waals surface area contributed by atoms with Crippen molar-refractivity contribution in [2.45, 2.75) is 19.3 Å². The zero-order chi connectivity index (χ0) is 7.84. The van der Waals surface area contributed by atoms with Gasteiger partial charge in [-0.2, -0.15) is 5.10 Å².